The molecule has 1 aromatic rings. The fraction of sp³-hybridized carbons (Fsp3) is 0.300. The fourth-order valence-electron chi connectivity index (χ4n) is 1.48. The first-order chi connectivity index (χ1) is 9.03. The average molecular weight is 287 g/mol. The van der Waals surface area contributed by atoms with Crippen molar-refractivity contribution in [2.75, 3.05) is 19.8 Å². The molecule has 1 aliphatic heterocycles. The molecular weight excluding hydrogens is 274 g/mol. The normalized spacial score (nSPS) is 15.3. The number of rotatable bonds is 4. The molecule has 19 heavy (non-hydrogen) atoms. The lowest BCUT2D eigenvalue weighted by molar-refractivity contribution is 0.171. The van der Waals surface area contributed by atoms with Gasteiger partial charge in [-0.2, -0.15) is 0 Å². The molecule has 1 aliphatic rings. The van der Waals surface area contributed by atoms with Gasteiger partial charge in [-0.05, 0) is 12.1 Å². The zero-order valence-electron chi connectivity index (χ0n) is 9.87. The predicted octanol–water partition coefficient (Wildman–Crippen LogP) is -0.518. The topological polar surface area (TPSA) is 123 Å². The second-order valence-electron chi connectivity index (χ2n) is 3.72. The Hall–Kier alpha value is -2.00. The number of nitrogens with zero attached hydrogens (tertiary/aromatic N) is 1. The summed E-state index contributed by atoms with van der Waals surface area (Å²) in [7, 11) is -3.76. The minimum atomic E-state index is -3.76. The number of hydrogen-bond donors (Lipinski definition) is 3. The summed E-state index contributed by atoms with van der Waals surface area (Å²) in [5, 5.41) is 11.0. The SMILES string of the molecule is N/C(CNS(=O)(=O)c1ccc2c(c1)OCCO2)=N\O. The highest BCUT2D eigenvalue weighted by Crippen LogP contribution is 2.32. The van der Waals surface area contributed by atoms with E-state index < -0.39 is 10.0 Å². The minimum absolute atomic E-state index is 0.0162. The van der Waals surface area contributed by atoms with Crippen LogP contribution in [-0.4, -0.2) is 39.2 Å². The first-order valence-electron chi connectivity index (χ1n) is 5.38. The van der Waals surface area contributed by atoms with Crippen LogP contribution >= 0.6 is 0 Å². The molecule has 9 heteroatoms. The number of nitrogens with two attached hydrogens (primary N) is 1. The van der Waals surface area contributed by atoms with E-state index in [1.165, 1.54) is 18.2 Å². The van der Waals surface area contributed by atoms with Crippen LogP contribution in [0, 0.1) is 0 Å². The molecule has 0 aromatic heterocycles. The summed E-state index contributed by atoms with van der Waals surface area (Å²) >= 11 is 0. The number of oxime groups is 1. The second kappa shape index (κ2) is 5.33. The van der Waals surface area contributed by atoms with Crippen LogP contribution in [-0.2, 0) is 10.0 Å². The van der Waals surface area contributed by atoms with E-state index in [-0.39, 0.29) is 17.3 Å². The molecule has 104 valence electrons. The molecule has 2 rings (SSSR count). The van der Waals surface area contributed by atoms with Crippen LogP contribution in [0.15, 0.2) is 28.3 Å². The Morgan fingerprint density at radius 3 is 2.74 bits per heavy atom. The molecule has 0 bridgehead atoms. The maximum Gasteiger partial charge on any atom is 0.241 e. The Kier molecular flexibility index (Phi) is 3.76. The van der Waals surface area contributed by atoms with Crippen LogP contribution in [0.25, 0.3) is 0 Å². The van der Waals surface area contributed by atoms with Crippen LogP contribution < -0.4 is 19.9 Å². The zero-order valence-corrected chi connectivity index (χ0v) is 10.7. The molecule has 4 N–H and O–H groups in total. The Morgan fingerprint density at radius 2 is 2.05 bits per heavy atom. The Labute approximate surface area is 109 Å². The fourth-order valence-corrected chi connectivity index (χ4v) is 2.49. The first kappa shape index (κ1) is 13.4. The van der Waals surface area contributed by atoms with Gasteiger partial charge in [-0.3, -0.25) is 0 Å². The Morgan fingerprint density at radius 1 is 1.37 bits per heavy atom. The van der Waals surface area contributed by atoms with Crippen molar-refractivity contribution in [1.29, 1.82) is 0 Å². The highest BCUT2D eigenvalue weighted by atomic mass is 32.2. The third kappa shape index (κ3) is 3.06. The number of amidine groups is 1. The van der Waals surface area contributed by atoms with Crippen LogP contribution in [0.1, 0.15) is 0 Å². The van der Waals surface area contributed by atoms with Gasteiger partial charge in [0.15, 0.2) is 17.3 Å². The quantitative estimate of drug-likeness (QED) is 0.296. The zero-order chi connectivity index (χ0) is 13.9. The maximum atomic E-state index is 11.9. The molecule has 0 atom stereocenters. The van der Waals surface area contributed by atoms with Gasteiger partial charge in [0.2, 0.25) is 10.0 Å². The number of nitrogens with one attached hydrogen (secondary N) is 1. The summed E-state index contributed by atoms with van der Waals surface area (Å²) in [6.45, 7) is 0.516. The predicted molar refractivity (Wildman–Crippen MR) is 66.0 cm³/mol. The van der Waals surface area contributed by atoms with E-state index in [1.807, 2.05) is 0 Å². The third-order valence-corrected chi connectivity index (χ3v) is 3.79. The number of fused-ring (bicyclic) bond motifs is 1. The van der Waals surface area contributed by atoms with Crippen molar-refractivity contribution in [3.05, 3.63) is 18.2 Å². The van der Waals surface area contributed by atoms with Crippen LogP contribution in [0.4, 0.5) is 0 Å². The summed E-state index contributed by atoms with van der Waals surface area (Å²) < 4.78 is 36.7. The lowest BCUT2D eigenvalue weighted by Crippen LogP contribution is -2.33. The highest BCUT2D eigenvalue weighted by molar-refractivity contribution is 7.89. The number of ether oxygens (including phenoxy) is 2. The van der Waals surface area contributed by atoms with Crippen molar-refractivity contribution in [3.63, 3.8) is 0 Å². The molecule has 0 spiro atoms. The number of benzene rings is 1. The first-order valence-corrected chi connectivity index (χ1v) is 6.87. The van der Waals surface area contributed by atoms with E-state index in [9.17, 15) is 8.42 Å². The van der Waals surface area contributed by atoms with Gasteiger partial charge in [0.1, 0.15) is 13.2 Å². The van der Waals surface area contributed by atoms with Crippen LogP contribution in [0.5, 0.6) is 11.5 Å². The van der Waals surface area contributed by atoms with Gasteiger partial charge in [0.25, 0.3) is 0 Å². The van der Waals surface area contributed by atoms with Crippen molar-refractivity contribution in [1.82, 2.24) is 4.72 Å². The smallest absolute Gasteiger partial charge is 0.241 e. The molecule has 0 unspecified atom stereocenters. The van der Waals surface area contributed by atoms with Gasteiger partial charge in [-0.15, -0.1) is 0 Å². The highest BCUT2D eigenvalue weighted by Gasteiger charge is 2.19. The van der Waals surface area contributed by atoms with Crippen molar-refractivity contribution >= 4 is 15.9 Å². The van der Waals surface area contributed by atoms with E-state index in [1.54, 1.807) is 0 Å². The second-order valence-corrected chi connectivity index (χ2v) is 5.49. The van der Waals surface area contributed by atoms with Gasteiger partial charge < -0.3 is 20.4 Å². The lowest BCUT2D eigenvalue weighted by Gasteiger charge is -2.18. The van der Waals surface area contributed by atoms with Gasteiger partial charge in [0.05, 0.1) is 11.4 Å². The molecule has 0 amide bonds. The summed E-state index contributed by atoms with van der Waals surface area (Å²) in [5.74, 6) is 0.640. The van der Waals surface area contributed by atoms with Crippen LogP contribution in [0.3, 0.4) is 0 Å². The molecule has 0 radical (unpaired) electrons. The Balaban J connectivity index is 2.21. The number of sulfonamides is 1. The summed E-state index contributed by atoms with van der Waals surface area (Å²) in [5.41, 5.74) is 5.20. The van der Waals surface area contributed by atoms with Crippen LogP contribution in [0.2, 0.25) is 0 Å². The van der Waals surface area contributed by atoms with Crippen molar-refractivity contribution in [3.8, 4) is 11.5 Å². The summed E-state index contributed by atoms with van der Waals surface area (Å²) in [4.78, 5) is 0.0162. The van der Waals surface area contributed by atoms with E-state index in [0.29, 0.717) is 24.7 Å². The lowest BCUT2D eigenvalue weighted by atomic mass is 10.3. The Bertz CT molecular complexity index is 599. The third-order valence-electron chi connectivity index (χ3n) is 2.40. The van der Waals surface area contributed by atoms with E-state index >= 15 is 0 Å². The summed E-state index contributed by atoms with van der Waals surface area (Å²) in [6, 6.07) is 4.28. The van der Waals surface area contributed by atoms with Crippen molar-refractivity contribution in [2.24, 2.45) is 10.9 Å². The summed E-state index contributed by atoms with van der Waals surface area (Å²) in [6.07, 6.45) is 0. The minimum Gasteiger partial charge on any atom is -0.486 e. The van der Waals surface area contributed by atoms with E-state index in [4.69, 9.17) is 20.4 Å². The molecular formula is C10H13N3O5S. The molecule has 1 heterocycles. The van der Waals surface area contributed by atoms with Crippen molar-refractivity contribution in [2.45, 2.75) is 4.90 Å². The van der Waals surface area contributed by atoms with Gasteiger partial charge >= 0.3 is 0 Å². The largest absolute Gasteiger partial charge is 0.486 e. The van der Waals surface area contributed by atoms with E-state index in [0.717, 1.165) is 0 Å². The van der Waals surface area contributed by atoms with Crippen molar-refractivity contribution < 1.29 is 23.1 Å². The molecule has 0 aliphatic carbocycles. The molecule has 1 aromatic carbocycles. The monoisotopic (exact) mass is 287 g/mol. The number of hydrogen-bond acceptors (Lipinski definition) is 6. The molecule has 0 saturated heterocycles. The standard InChI is InChI=1S/C10H13N3O5S/c11-10(13-14)6-12-19(15,16)7-1-2-8-9(5-7)18-4-3-17-8/h1-2,5,12,14H,3-4,6H2,(H2,11,13). The molecule has 0 fully saturated rings. The maximum absolute atomic E-state index is 11.9. The van der Waals surface area contributed by atoms with Gasteiger partial charge in [-0.25, -0.2) is 13.1 Å². The average Bonchev–Trinajstić information content (AvgIpc) is 2.44. The van der Waals surface area contributed by atoms with E-state index in [2.05, 4.69) is 9.88 Å². The molecule has 0 saturated carbocycles. The van der Waals surface area contributed by atoms with Gasteiger partial charge in [0, 0.05) is 6.07 Å². The van der Waals surface area contributed by atoms with Gasteiger partial charge in [-0.1, -0.05) is 5.16 Å². The molecule has 8 nitrogen and oxygen atoms in total.